The first-order valence-corrected chi connectivity index (χ1v) is 5.47. The average molecular weight is 189 g/mol. The first-order valence-electron chi connectivity index (χ1n) is 3.65. The van der Waals surface area contributed by atoms with Crippen LogP contribution in [-0.2, 0) is 15.6 Å². The van der Waals surface area contributed by atoms with E-state index in [-0.39, 0.29) is 11.5 Å². The van der Waals surface area contributed by atoms with E-state index in [1.807, 2.05) is 0 Å². The predicted molar refractivity (Wildman–Crippen MR) is 44.4 cm³/mol. The monoisotopic (exact) mass is 189 g/mol. The van der Waals surface area contributed by atoms with Gasteiger partial charge in [0.1, 0.15) is 6.26 Å². The molecule has 0 aliphatic heterocycles. The van der Waals surface area contributed by atoms with E-state index in [4.69, 9.17) is 4.42 Å². The largest absolute Gasteiger partial charge is 0.449 e. The summed E-state index contributed by atoms with van der Waals surface area (Å²) in [6, 6.07) is 0. The normalized spacial score (nSPS) is 11.8. The third-order valence-corrected chi connectivity index (χ3v) is 3.09. The molecule has 0 aliphatic carbocycles. The van der Waals surface area contributed by atoms with Crippen LogP contribution in [0.25, 0.3) is 0 Å². The van der Waals surface area contributed by atoms with Gasteiger partial charge in [-0.1, -0.05) is 6.92 Å². The van der Waals surface area contributed by atoms with Crippen molar-refractivity contribution in [2.24, 2.45) is 0 Å². The van der Waals surface area contributed by atoms with Crippen LogP contribution >= 0.6 is 0 Å². The van der Waals surface area contributed by atoms with E-state index in [0.29, 0.717) is 11.6 Å². The molecule has 0 N–H and O–H groups in total. The van der Waals surface area contributed by atoms with Crippen LogP contribution in [0.15, 0.2) is 10.7 Å². The van der Waals surface area contributed by atoms with Crippen LogP contribution in [0, 0.1) is 6.92 Å². The molecule has 4 nitrogen and oxygen atoms in total. The van der Waals surface area contributed by atoms with E-state index >= 15 is 0 Å². The molecule has 0 saturated heterocycles. The summed E-state index contributed by atoms with van der Waals surface area (Å²) >= 11 is 0. The minimum absolute atomic E-state index is 0.0269. The molecule has 0 unspecified atom stereocenters. The Kier molecular flexibility index (Phi) is 2.52. The fourth-order valence-electron chi connectivity index (χ4n) is 0.802. The SMILES string of the molecule is CCS(=O)(=O)Cc1coc(C)n1. The first-order chi connectivity index (χ1) is 5.53. The van der Waals surface area contributed by atoms with Crippen molar-refractivity contribution in [3.8, 4) is 0 Å². The lowest BCUT2D eigenvalue weighted by Crippen LogP contribution is -2.06. The molecular weight excluding hydrogens is 178 g/mol. The number of hydrogen-bond donors (Lipinski definition) is 0. The minimum Gasteiger partial charge on any atom is -0.449 e. The fraction of sp³-hybridized carbons (Fsp3) is 0.571. The van der Waals surface area contributed by atoms with Gasteiger partial charge in [0, 0.05) is 12.7 Å². The zero-order valence-electron chi connectivity index (χ0n) is 7.07. The molecule has 68 valence electrons. The number of nitrogens with zero attached hydrogens (tertiary/aromatic N) is 1. The third kappa shape index (κ3) is 2.34. The average Bonchev–Trinajstić information content (AvgIpc) is 2.35. The van der Waals surface area contributed by atoms with E-state index in [1.165, 1.54) is 6.26 Å². The maximum Gasteiger partial charge on any atom is 0.191 e. The van der Waals surface area contributed by atoms with Crippen LogP contribution in [-0.4, -0.2) is 19.2 Å². The van der Waals surface area contributed by atoms with Crippen LogP contribution in [0.2, 0.25) is 0 Å². The number of hydrogen-bond acceptors (Lipinski definition) is 4. The van der Waals surface area contributed by atoms with Crippen LogP contribution in [0.3, 0.4) is 0 Å². The lowest BCUT2D eigenvalue weighted by atomic mass is 10.6. The van der Waals surface area contributed by atoms with Gasteiger partial charge in [-0.15, -0.1) is 0 Å². The van der Waals surface area contributed by atoms with Gasteiger partial charge in [-0.05, 0) is 0 Å². The molecule has 0 amide bonds. The van der Waals surface area contributed by atoms with E-state index in [0.717, 1.165) is 0 Å². The maximum atomic E-state index is 11.1. The number of rotatable bonds is 3. The molecule has 5 heteroatoms. The summed E-state index contributed by atoms with van der Waals surface area (Å²) < 4.78 is 27.1. The predicted octanol–water partition coefficient (Wildman–Crippen LogP) is 0.918. The van der Waals surface area contributed by atoms with Crippen molar-refractivity contribution < 1.29 is 12.8 Å². The van der Waals surface area contributed by atoms with Crippen molar-refractivity contribution in [3.05, 3.63) is 17.8 Å². The standard InChI is InChI=1S/C7H11NO3S/c1-3-12(9,10)5-7-4-11-6(2)8-7/h4H,3,5H2,1-2H3. The Labute approximate surface area is 71.5 Å². The third-order valence-electron chi connectivity index (χ3n) is 1.47. The van der Waals surface area contributed by atoms with Gasteiger partial charge >= 0.3 is 0 Å². The van der Waals surface area contributed by atoms with Gasteiger partial charge in [0.2, 0.25) is 0 Å². The molecule has 0 aromatic carbocycles. The minimum atomic E-state index is -2.98. The number of oxazole rings is 1. The van der Waals surface area contributed by atoms with Crippen molar-refractivity contribution in [3.63, 3.8) is 0 Å². The Hall–Kier alpha value is -0.840. The highest BCUT2D eigenvalue weighted by molar-refractivity contribution is 7.90. The topological polar surface area (TPSA) is 60.2 Å². The highest BCUT2D eigenvalue weighted by atomic mass is 32.2. The molecule has 12 heavy (non-hydrogen) atoms. The Morgan fingerprint density at radius 3 is 2.67 bits per heavy atom. The highest BCUT2D eigenvalue weighted by Crippen LogP contribution is 2.05. The van der Waals surface area contributed by atoms with E-state index in [9.17, 15) is 8.42 Å². The smallest absolute Gasteiger partial charge is 0.191 e. The number of aryl methyl sites for hydroxylation is 1. The van der Waals surface area contributed by atoms with Crippen molar-refractivity contribution in [2.45, 2.75) is 19.6 Å². The first kappa shape index (κ1) is 9.25. The summed E-state index contributed by atoms with van der Waals surface area (Å²) in [7, 11) is -2.98. The summed E-state index contributed by atoms with van der Waals surface area (Å²) in [4.78, 5) is 3.90. The fourth-order valence-corrected chi connectivity index (χ4v) is 1.59. The maximum absolute atomic E-state index is 11.1. The second-order valence-corrected chi connectivity index (χ2v) is 4.89. The summed E-state index contributed by atoms with van der Waals surface area (Å²) in [6.07, 6.45) is 1.38. The summed E-state index contributed by atoms with van der Waals surface area (Å²) in [5, 5.41) is 0. The number of aromatic nitrogens is 1. The van der Waals surface area contributed by atoms with Gasteiger partial charge in [0.15, 0.2) is 15.7 Å². The molecule has 1 heterocycles. The van der Waals surface area contributed by atoms with Crippen LogP contribution in [0.4, 0.5) is 0 Å². The van der Waals surface area contributed by atoms with Gasteiger partial charge in [0.25, 0.3) is 0 Å². The molecule has 0 spiro atoms. The highest BCUT2D eigenvalue weighted by Gasteiger charge is 2.11. The summed E-state index contributed by atoms with van der Waals surface area (Å²) in [5.41, 5.74) is 0.481. The molecule has 0 aliphatic rings. The molecule has 1 rings (SSSR count). The Balaban J connectivity index is 2.77. The molecule has 0 atom stereocenters. The molecular formula is C7H11NO3S. The lowest BCUT2D eigenvalue weighted by molar-refractivity contribution is 0.520. The van der Waals surface area contributed by atoms with Crippen molar-refractivity contribution in [1.29, 1.82) is 0 Å². The lowest BCUT2D eigenvalue weighted by Gasteiger charge is -1.94. The van der Waals surface area contributed by atoms with Crippen LogP contribution in [0.1, 0.15) is 18.5 Å². The molecule has 1 aromatic rings. The Morgan fingerprint density at radius 2 is 2.25 bits per heavy atom. The second-order valence-electron chi connectivity index (χ2n) is 2.53. The molecule has 0 fully saturated rings. The van der Waals surface area contributed by atoms with Gasteiger partial charge in [-0.2, -0.15) is 0 Å². The van der Waals surface area contributed by atoms with Gasteiger partial charge in [0.05, 0.1) is 11.4 Å². The molecule has 0 radical (unpaired) electrons. The van der Waals surface area contributed by atoms with Gasteiger partial charge in [-0.25, -0.2) is 13.4 Å². The van der Waals surface area contributed by atoms with E-state index < -0.39 is 9.84 Å². The molecule has 0 bridgehead atoms. The van der Waals surface area contributed by atoms with E-state index in [2.05, 4.69) is 4.98 Å². The zero-order valence-corrected chi connectivity index (χ0v) is 7.89. The van der Waals surface area contributed by atoms with Gasteiger partial charge < -0.3 is 4.42 Å². The Morgan fingerprint density at radius 1 is 1.58 bits per heavy atom. The number of sulfone groups is 1. The molecule has 0 saturated carbocycles. The zero-order chi connectivity index (χ0) is 9.19. The van der Waals surface area contributed by atoms with Crippen molar-refractivity contribution in [2.75, 3.05) is 5.75 Å². The van der Waals surface area contributed by atoms with Crippen molar-refractivity contribution >= 4 is 9.84 Å². The van der Waals surface area contributed by atoms with Crippen LogP contribution in [0.5, 0.6) is 0 Å². The Bertz CT molecular complexity index is 352. The van der Waals surface area contributed by atoms with Crippen molar-refractivity contribution in [1.82, 2.24) is 4.98 Å². The van der Waals surface area contributed by atoms with Crippen LogP contribution < -0.4 is 0 Å². The molecule has 1 aromatic heterocycles. The second kappa shape index (κ2) is 3.26. The van der Waals surface area contributed by atoms with E-state index in [1.54, 1.807) is 13.8 Å². The summed E-state index contributed by atoms with van der Waals surface area (Å²) in [6.45, 7) is 3.30. The quantitative estimate of drug-likeness (QED) is 0.709. The van der Waals surface area contributed by atoms with Gasteiger partial charge in [-0.3, -0.25) is 0 Å². The summed E-state index contributed by atoms with van der Waals surface area (Å²) in [5.74, 6) is 0.607.